The predicted molar refractivity (Wildman–Crippen MR) is 122 cm³/mol. The summed E-state index contributed by atoms with van der Waals surface area (Å²) >= 11 is 0. The van der Waals surface area contributed by atoms with E-state index in [1.54, 1.807) is 19.2 Å². The molecule has 3 rings (SSSR count). The van der Waals surface area contributed by atoms with Crippen LogP contribution < -0.4 is 16.4 Å². The summed E-state index contributed by atoms with van der Waals surface area (Å²) in [7, 11) is 1.69. The standard InChI is InChI=1S/C24H32FN5O/c1-27-24(29-16-21(23(26)31)14-18-8-10-22(25)11-9-18)28-15-19-4-6-20(7-5-19)17-30-12-2-3-13-30/h4-11,21H,2-3,12-17H2,1H3,(H2,26,31)(H2,27,28,29). The summed E-state index contributed by atoms with van der Waals surface area (Å²) in [5.41, 5.74) is 8.92. The lowest BCUT2D eigenvalue weighted by atomic mass is 9.98. The first-order valence-corrected chi connectivity index (χ1v) is 10.8. The molecule has 7 heteroatoms. The van der Waals surface area contributed by atoms with Gasteiger partial charge in [0.2, 0.25) is 5.91 Å². The minimum atomic E-state index is -0.422. The molecule has 1 aliphatic heterocycles. The fourth-order valence-electron chi connectivity index (χ4n) is 3.77. The second kappa shape index (κ2) is 11.5. The number of aliphatic imine (C=N–C) groups is 1. The molecular formula is C24H32FN5O. The number of amides is 1. The largest absolute Gasteiger partial charge is 0.369 e. The molecule has 0 bridgehead atoms. The van der Waals surface area contributed by atoms with Gasteiger partial charge in [0.15, 0.2) is 5.96 Å². The number of nitrogens with zero attached hydrogens (tertiary/aromatic N) is 2. The molecule has 1 amide bonds. The van der Waals surface area contributed by atoms with Gasteiger partial charge in [-0.2, -0.15) is 0 Å². The Kier molecular flexibility index (Phi) is 8.41. The van der Waals surface area contributed by atoms with Crippen molar-refractivity contribution in [3.8, 4) is 0 Å². The molecule has 0 aliphatic carbocycles. The van der Waals surface area contributed by atoms with Crippen LogP contribution in [-0.2, 0) is 24.3 Å². The highest BCUT2D eigenvalue weighted by Gasteiger charge is 2.17. The fourth-order valence-corrected chi connectivity index (χ4v) is 3.77. The molecule has 0 saturated carbocycles. The van der Waals surface area contributed by atoms with Crippen LogP contribution in [0.5, 0.6) is 0 Å². The fraction of sp³-hybridized carbons (Fsp3) is 0.417. The third-order valence-electron chi connectivity index (χ3n) is 5.63. The molecule has 0 radical (unpaired) electrons. The zero-order valence-corrected chi connectivity index (χ0v) is 18.1. The number of carbonyl (C=O) groups excluding carboxylic acids is 1. The summed E-state index contributed by atoms with van der Waals surface area (Å²) in [6.07, 6.45) is 3.04. The van der Waals surface area contributed by atoms with Crippen molar-refractivity contribution < 1.29 is 9.18 Å². The van der Waals surface area contributed by atoms with Crippen LogP contribution in [0.3, 0.4) is 0 Å². The Labute approximate surface area is 183 Å². The summed E-state index contributed by atoms with van der Waals surface area (Å²) in [6, 6.07) is 14.7. The summed E-state index contributed by atoms with van der Waals surface area (Å²) in [4.78, 5) is 18.6. The van der Waals surface area contributed by atoms with Gasteiger partial charge in [-0.05, 0) is 61.2 Å². The van der Waals surface area contributed by atoms with Crippen LogP contribution in [0.4, 0.5) is 4.39 Å². The normalized spacial score (nSPS) is 15.6. The first-order chi connectivity index (χ1) is 15.0. The molecule has 1 heterocycles. The number of primary amides is 1. The van der Waals surface area contributed by atoms with E-state index in [1.165, 1.54) is 43.6 Å². The second-order valence-corrected chi connectivity index (χ2v) is 8.04. The summed E-state index contributed by atoms with van der Waals surface area (Å²) < 4.78 is 13.1. The molecule has 2 aromatic carbocycles. The molecule has 0 spiro atoms. The van der Waals surface area contributed by atoms with E-state index in [-0.39, 0.29) is 5.82 Å². The van der Waals surface area contributed by atoms with Crippen LogP contribution >= 0.6 is 0 Å². The molecule has 4 N–H and O–H groups in total. The smallest absolute Gasteiger partial charge is 0.222 e. The van der Waals surface area contributed by atoms with Crippen molar-refractivity contribution in [3.05, 3.63) is 71.0 Å². The molecule has 1 unspecified atom stereocenters. The van der Waals surface area contributed by atoms with Crippen molar-refractivity contribution in [2.75, 3.05) is 26.7 Å². The highest BCUT2D eigenvalue weighted by molar-refractivity contribution is 5.81. The zero-order valence-electron chi connectivity index (χ0n) is 18.1. The third-order valence-corrected chi connectivity index (χ3v) is 5.63. The lowest BCUT2D eigenvalue weighted by molar-refractivity contribution is -0.121. The first-order valence-electron chi connectivity index (χ1n) is 10.8. The van der Waals surface area contributed by atoms with E-state index in [1.807, 2.05) is 0 Å². The van der Waals surface area contributed by atoms with E-state index in [4.69, 9.17) is 5.73 Å². The van der Waals surface area contributed by atoms with Crippen molar-refractivity contribution in [1.29, 1.82) is 0 Å². The Morgan fingerprint density at radius 2 is 1.65 bits per heavy atom. The van der Waals surface area contributed by atoms with Gasteiger partial charge in [-0.25, -0.2) is 4.39 Å². The van der Waals surface area contributed by atoms with Gasteiger partial charge in [-0.15, -0.1) is 0 Å². The number of benzene rings is 2. The number of hydrogen-bond donors (Lipinski definition) is 3. The van der Waals surface area contributed by atoms with E-state index < -0.39 is 11.8 Å². The number of nitrogens with one attached hydrogen (secondary N) is 2. The highest BCUT2D eigenvalue weighted by atomic mass is 19.1. The molecule has 1 atom stereocenters. The lowest BCUT2D eigenvalue weighted by Gasteiger charge is -2.18. The van der Waals surface area contributed by atoms with Crippen molar-refractivity contribution in [2.45, 2.75) is 32.4 Å². The molecule has 0 aromatic heterocycles. The lowest BCUT2D eigenvalue weighted by Crippen LogP contribution is -2.42. The molecule has 1 aliphatic rings. The number of nitrogens with two attached hydrogens (primary N) is 1. The highest BCUT2D eigenvalue weighted by Crippen LogP contribution is 2.13. The van der Waals surface area contributed by atoms with Gasteiger partial charge < -0.3 is 16.4 Å². The molecule has 2 aromatic rings. The van der Waals surface area contributed by atoms with Gasteiger partial charge in [0, 0.05) is 26.7 Å². The Hall–Kier alpha value is -2.93. The van der Waals surface area contributed by atoms with Crippen molar-refractivity contribution in [3.63, 3.8) is 0 Å². The van der Waals surface area contributed by atoms with E-state index in [2.05, 4.69) is 44.8 Å². The zero-order chi connectivity index (χ0) is 22.1. The van der Waals surface area contributed by atoms with E-state index in [0.29, 0.717) is 25.5 Å². The molecule has 31 heavy (non-hydrogen) atoms. The summed E-state index contributed by atoms with van der Waals surface area (Å²) in [5, 5.41) is 6.44. The number of guanidine groups is 1. The first kappa shape index (κ1) is 22.7. The van der Waals surface area contributed by atoms with E-state index in [0.717, 1.165) is 17.7 Å². The molecule has 1 saturated heterocycles. The van der Waals surface area contributed by atoms with Gasteiger partial charge in [-0.1, -0.05) is 36.4 Å². The maximum Gasteiger partial charge on any atom is 0.222 e. The van der Waals surface area contributed by atoms with Gasteiger partial charge >= 0.3 is 0 Å². The van der Waals surface area contributed by atoms with Crippen LogP contribution in [0.1, 0.15) is 29.5 Å². The van der Waals surface area contributed by atoms with Gasteiger partial charge in [0.25, 0.3) is 0 Å². The van der Waals surface area contributed by atoms with Crippen LogP contribution in [0, 0.1) is 11.7 Å². The van der Waals surface area contributed by atoms with Crippen LogP contribution in [0.15, 0.2) is 53.5 Å². The Bertz CT molecular complexity index is 861. The van der Waals surface area contributed by atoms with Crippen molar-refractivity contribution >= 4 is 11.9 Å². The number of carbonyl (C=O) groups is 1. The Morgan fingerprint density at radius 1 is 1.03 bits per heavy atom. The number of halogens is 1. The SMILES string of the molecule is CN=C(NCc1ccc(CN2CCCC2)cc1)NCC(Cc1ccc(F)cc1)C(N)=O. The number of rotatable bonds is 9. The van der Waals surface area contributed by atoms with E-state index >= 15 is 0 Å². The summed E-state index contributed by atoms with van der Waals surface area (Å²) in [5.74, 6) is -0.521. The minimum absolute atomic E-state index is 0.300. The number of hydrogen-bond acceptors (Lipinski definition) is 3. The Balaban J connectivity index is 1.46. The maximum atomic E-state index is 13.1. The monoisotopic (exact) mass is 425 g/mol. The summed E-state index contributed by atoms with van der Waals surface area (Å²) in [6.45, 7) is 4.38. The number of likely N-dealkylation sites (tertiary alicyclic amines) is 1. The average molecular weight is 426 g/mol. The van der Waals surface area contributed by atoms with Crippen molar-refractivity contribution in [2.24, 2.45) is 16.6 Å². The van der Waals surface area contributed by atoms with Gasteiger partial charge in [0.1, 0.15) is 5.82 Å². The predicted octanol–water partition coefficient (Wildman–Crippen LogP) is 2.43. The second-order valence-electron chi connectivity index (χ2n) is 8.04. The van der Waals surface area contributed by atoms with Gasteiger partial charge in [0.05, 0.1) is 5.92 Å². The van der Waals surface area contributed by atoms with Crippen LogP contribution in [0.2, 0.25) is 0 Å². The molecule has 6 nitrogen and oxygen atoms in total. The van der Waals surface area contributed by atoms with Crippen molar-refractivity contribution in [1.82, 2.24) is 15.5 Å². The minimum Gasteiger partial charge on any atom is -0.369 e. The molecule has 166 valence electrons. The van der Waals surface area contributed by atoms with Crippen LogP contribution in [-0.4, -0.2) is 43.4 Å². The quantitative estimate of drug-likeness (QED) is 0.426. The molecule has 1 fully saturated rings. The van der Waals surface area contributed by atoms with Gasteiger partial charge in [-0.3, -0.25) is 14.7 Å². The Morgan fingerprint density at radius 3 is 2.26 bits per heavy atom. The third kappa shape index (κ3) is 7.36. The molecular weight excluding hydrogens is 393 g/mol. The maximum absolute atomic E-state index is 13.1. The van der Waals surface area contributed by atoms with E-state index in [9.17, 15) is 9.18 Å². The topological polar surface area (TPSA) is 82.8 Å². The van der Waals surface area contributed by atoms with Crippen LogP contribution in [0.25, 0.3) is 0 Å². The average Bonchev–Trinajstić information content (AvgIpc) is 3.28.